The van der Waals surface area contributed by atoms with E-state index in [-0.39, 0.29) is 18.8 Å². The summed E-state index contributed by atoms with van der Waals surface area (Å²) in [4.78, 5) is 0. The van der Waals surface area contributed by atoms with Gasteiger partial charge in [0, 0.05) is 12.2 Å². The SMILES string of the molecule is CS(=O)(=O)[C@@H]1C=CC[C@@H]2COCO[C@H]21. The molecule has 2 aliphatic rings. The van der Waals surface area contributed by atoms with E-state index >= 15 is 0 Å². The van der Waals surface area contributed by atoms with Crippen LogP contribution in [0.4, 0.5) is 0 Å². The van der Waals surface area contributed by atoms with E-state index in [4.69, 9.17) is 9.47 Å². The Morgan fingerprint density at radius 3 is 2.93 bits per heavy atom. The van der Waals surface area contributed by atoms with Crippen LogP contribution >= 0.6 is 0 Å². The molecular formula is C9H14O4S. The zero-order valence-electron chi connectivity index (χ0n) is 8.05. The number of fused-ring (bicyclic) bond motifs is 1. The molecule has 1 aliphatic carbocycles. The van der Waals surface area contributed by atoms with Crippen LogP contribution in [-0.2, 0) is 19.3 Å². The van der Waals surface area contributed by atoms with E-state index < -0.39 is 15.1 Å². The highest BCUT2D eigenvalue weighted by molar-refractivity contribution is 7.91. The third-order valence-electron chi connectivity index (χ3n) is 2.72. The Labute approximate surface area is 83.8 Å². The second-order valence-corrected chi connectivity index (χ2v) is 6.04. The zero-order chi connectivity index (χ0) is 10.2. The van der Waals surface area contributed by atoms with Crippen LogP contribution in [0.25, 0.3) is 0 Å². The van der Waals surface area contributed by atoms with Gasteiger partial charge in [0.2, 0.25) is 0 Å². The van der Waals surface area contributed by atoms with Gasteiger partial charge in [0.1, 0.15) is 12.0 Å². The third-order valence-corrected chi connectivity index (χ3v) is 4.14. The summed E-state index contributed by atoms with van der Waals surface area (Å²) in [5.74, 6) is 0.188. The number of ether oxygens (including phenoxy) is 2. The van der Waals surface area contributed by atoms with Gasteiger partial charge in [-0.25, -0.2) is 8.42 Å². The van der Waals surface area contributed by atoms with Crippen LogP contribution < -0.4 is 0 Å². The monoisotopic (exact) mass is 218 g/mol. The molecule has 0 N–H and O–H groups in total. The average Bonchev–Trinajstić information content (AvgIpc) is 2.15. The molecule has 3 atom stereocenters. The van der Waals surface area contributed by atoms with E-state index in [1.54, 1.807) is 6.08 Å². The van der Waals surface area contributed by atoms with Crippen molar-refractivity contribution in [1.82, 2.24) is 0 Å². The molecular weight excluding hydrogens is 204 g/mol. The minimum Gasteiger partial charge on any atom is -0.355 e. The van der Waals surface area contributed by atoms with Crippen LogP contribution in [0.15, 0.2) is 12.2 Å². The standard InChI is InChI=1S/C9H14O4S/c1-14(10,11)8-4-2-3-7-5-12-6-13-9(7)8/h2,4,7-9H,3,5-6H2,1H3/t7-,8-,9-/m1/s1. The summed E-state index contributed by atoms with van der Waals surface area (Å²) >= 11 is 0. The lowest BCUT2D eigenvalue weighted by atomic mass is 9.91. The fourth-order valence-corrected chi connectivity index (χ4v) is 3.19. The van der Waals surface area contributed by atoms with Gasteiger partial charge in [-0.15, -0.1) is 0 Å². The average molecular weight is 218 g/mol. The molecule has 14 heavy (non-hydrogen) atoms. The highest BCUT2D eigenvalue weighted by Crippen LogP contribution is 2.29. The van der Waals surface area contributed by atoms with Gasteiger partial charge in [0.15, 0.2) is 9.84 Å². The highest BCUT2D eigenvalue weighted by Gasteiger charge is 2.39. The molecule has 1 heterocycles. The van der Waals surface area contributed by atoms with Crippen molar-refractivity contribution in [2.45, 2.75) is 17.8 Å². The first kappa shape index (κ1) is 10.1. The first-order valence-electron chi connectivity index (χ1n) is 4.64. The summed E-state index contributed by atoms with van der Waals surface area (Å²) in [7, 11) is -3.06. The van der Waals surface area contributed by atoms with Crippen LogP contribution in [0.3, 0.4) is 0 Å². The number of hydrogen-bond acceptors (Lipinski definition) is 4. The Balaban J connectivity index is 2.25. The molecule has 0 unspecified atom stereocenters. The van der Waals surface area contributed by atoms with Crippen molar-refractivity contribution in [2.75, 3.05) is 19.7 Å². The van der Waals surface area contributed by atoms with E-state index in [1.165, 1.54) is 6.26 Å². The molecule has 0 saturated carbocycles. The number of rotatable bonds is 1. The lowest BCUT2D eigenvalue weighted by Crippen LogP contribution is -2.46. The van der Waals surface area contributed by atoms with E-state index in [0.29, 0.717) is 6.61 Å². The van der Waals surface area contributed by atoms with Crippen molar-refractivity contribution in [3.63, 3.8) is 0 Å². The summed E-state index contributed by atoms with van der Waals surface area (Å²) in [6.07, 6.45) is 5.52. The molecule has 80 valence electrons. The van der Waals surface area contributed by atoms with Gasteiger partial charge >= 0.3 is 0 Å². The molecule has 5 heteroatoms. The predicted octanol–water partition coefficient (Wildman–Crippen LogP) is 0.349. The molecule has 1 saturated heterocycles. The number of hydrogen-bond donors (Lipinski definition) is 0. The molecule has 0 aromatic rings. The Hall–Kier alpha value is -0.390. The lowest BCUT2D eigenvalue weighted by molar-refractivity contribution is -0.168. The fourth-order valence-electron chi connectivity index (χ4n) is 2.01. The first-order chi connectivity index (χ1) is 6.59. The zero-order valence-corrected chi connectivity index (χ0v) is 8.87. The summed E-state index contributed by atoms with van der Waals surface area (Å²) in [5, 5.41) is -0.495. The molecule has 2 rings (SSSR count). The molecule has 4 nitrogen and oxygen atoms in total. The summed E-state index contributed by atoms with van der Waals surface area (Å²) in [5.41, 5.74) is 0. The second kappa shape index (κ2) is 3.64. The van der Waals surface area contributed by atoms with Gasteiger partial charge in [-0.3, -0.25) is 0 Å². The maximum atomic E-state index is 11.5. The van der Waals surface area contributed by atoms with Gasteiger partial charge in [-0.2, -0.15) is 0 Å². The summed E-state index contributed by atoms with van der Waals surface area (Å²) in [6, 6.07) is 0. The van der Waals surface area contributed by atoms with Gasteiger partial charge in [0.05, 0.1) is 12.7 Å². The van der Waals surface area contributed by atoms with Crippen LogP contribution in [-0.4, -0.2) is 39.4 Å². The Morgan fingerprint density at radius 2 is 2.21 bits per heavy atom. The summed E-state index contributed by atoms with van der Waals surface area (Å²) in [6.45, 7) is 0.808. The predicted molar refractivity (Wildman–Crippen MR) is 51.6 cm³/mol. The minimum atomic E-state index is -3.06. The second-order valence-electron chi connectivity index (χ2n) is 3.84. The molecule has 0 radical (unpaired) electrons. The van der Waals surface area contributed by atoms with E-state index in [2.05, 4.69) is 0 Å². The van der Waals surface area contributed by atoms with Crippen LogP contribution in [0.2, 0.25) is 0 Å². The maximum absolute atomic E-state index is 11.5. The van der Waals surface area contributed by atoms with Gasteiger partial charge in [-0.05, 0) is 6.42 Å². The number of allylic oxidation sites excluding steroid dienone is 1. The van der Waals surface area contributed by atoms with Crippen LogP contribution in [0.1, 0.15) is 6.42 Å². The topological polar surface area (TPSA) is 52.6 Å². The smallest absolute Gasteiger partial charge is 0.156 e. The van der Waals surface area contributed by atoms with Crippen LogP contribution in [0.5, 0.6) is 0 Å². The van der Waals surface area contributed by atoms with Gasteiger partial charge in [-0.1, -0.05) is 12.2 Å². The third kappa shape index (κ3) is 1.85. The molecule has 0 bridgehead atoms. The minimum absolute atomic E-state index is 0.188. The molecule has 0 amide bonds. The van der Waals surface area contributed by atoms with Crippen molar-refractivity contribution in [3.8, 4) is 0 Å². The molecule has 0 spiro atoms. The Bertz CT molecular complexity index is 333. The highest BCUT2D eigenvalue weighted by atomic mass is 32.2. The van der Waals surface area contributed by atoms with Gasteiger partial charge < -0.3 is 9.47 Å². The van der Waals surface area contributed by atoms with E-state index in [0.717, 1.165) is 6.42 Å². The molecule has 1 fully saturated rings. The Kier molecular flexibility index (Phi) is 2.64. The normalized spacial score (nSPS) is 37.9. The summed E-state index contributed by atoms with van der Waals surface area (Å²) < 4.78 is 33.5. The Morgan fingerprint density at radius 1 is 1.43 bits per heavy atom. The van der Waals surface area contributed by atoms with Gasteiger partial charge in [0.25, 0.3) is 0 Å². The first-order valence-corrected chi connectivity index (χ1v) is 6.59. The van der Waals surface area contributed by atoms with E-state index in [9.17, 15) is 8.42 Å². The van der Waals surface area contributed by atoms with Crippen molar-refractivity contribution in [1.29, 1.82) is 0 Å². The number of sulfone groups is 1. The molecule has 0 aromatic carbocycles. The largest absolute Gasteiger partial charge is 0.355 e. The fraction of sp³-hybridized carbons (Fsp3) is 0.778. The van der Waals surface area contributed by atoms with Crippen molar-refractivity contribution < 1.29 is 17.9 Å². The van der Waals surface area contributed by atoms with Crippen molar-refractivity contribution >= 4 is 9.84 Å². The molecule has 0 aromatic heterocycles. The van der Waals surface area contributed by atoms with Crippen LogP contribution in [0, 0.1) is 5.92 Å². The van der Waals surface area contributed by atoms with E-state index in [1.807, 2.05) is 6.08 Å². The quantitative estimate of drug-likeness (QED) is 0.596. The van der Waals surface area contributed by atoms with Crippen molar-refractivity contribution in [2.24, 2.45) is 5.92 Å². The van der Waals surface area contributed by atoms with Crippen molar-refractivity contribution in [3.05, 3.63) is 12.2 Å². The molecule has 1 aliphatic heterocycles. The maximum Gasteiger partial charge on any atom is 0.156 e. The lowest BCUT2D eigenvalue weighted by Gasteiger charge is -2.36.